The Labute approximate surface area is 80.6 Å². The summed E-state index contributed by atoms with van der Waals surface area (Å²) in [6.45, 7) is 0.667. The highest BCUT2D eigenvalue weighted by Crippen LogP contribution is 2.21. The van der Waals surface area contributed by atoms with Crippen LogP contribution in [0.2, 0.25) is 0 Å². The maximum atomic E-state index is 5.45. The molecule has 0 unspecified atom stereocenters. The van der Waals surface area contributed by atoms with Gasteiger partial charge in [0.05, 0.1) is 10.7 Å². The van der Waals surface area contributed by atoms with Crippen LogP contribution in [0.3, 0.4) is 0 Å². The molecule has 4 heteroatoms. The second-order valence-electron chi connectivity index (χ2n) is 2.76. The van der Waals surface area contributed by atoms with E-state index in [2.05, 4.69) is 15.3 Å². The van der Waals surface area contributed by atoms with Crippen LogP contribution in [0, 0.1) is 0 Å². The molecule has 68 valence electrons. The van der Waals surface area contributed by atoms with E-state index in [1.54, 1.807) is 11.3 Å². The van der Waals surface area contributed by atoms with E-state index in [0.29, 0.717) is 6.54 Å². The lowest BCUT2D eigenvalue weighted by Gasteiger charge is -1.89. The molecule has 0 aliphatic carbocycles. The summed E-state index contributed by atoms with van der Waals surface area (Å²) in [6, 6.07) is 2.02. The zero-order valence-electron chi connectivity index (χ0n) is 7.16. The first kappa shape index (κ1) is 8.47. The fraction of sp³-hybridized carbons (Fsp3) is 0.222. The van der Waals surface area contributed by atoms with Crippen LogP contribution in [0.5, 0.6) is 0 Å². The molecule has 2 aromatic rings. The third kappa shape index (κ3) is 1.79. The number of hydrogen-bond donors (Lipinski definition) is 2. The standard InChI is InChI=1S/C9H11N3S/c10-3-1-9-12-8(6-13-9)7-2-4-11-5-7/h2,4-6,11H,1,3,10H2. The quantitative estimate of drug-likeness (QED) is 0.778. The van der Waals surface area contributed by atoms with Crippen molar-refractivity contribution in [3.05, 3.63) is 28.8 Å². The van der Waals surface area contributed by atoms with Crippen LogP contribution in [-0.2, 0) is 6.42 Å². The highest BCUT2D eigenvalue weighted by Gasteiger charge is 2.03. The third-order valence-corrected chi connectivity index (χ3v) is 2.71. The van der Waals surface area contributed by atoms with E-state index in [4.69, 9.17) is 5.73 Å². The van der Waals surface area contributed by atoms with Crippen LogP contribution >= 0.6 is 11.3 Å². The molecule has 2 heterocycles. The van der Waals surface area contributed by atoms with E-state index in [9.17, 15) is 0 Å². The summed E-state index contributed by atoms with van der Waals surface area (Å²) in [7, 11) is 0. The predicted molar refractivity (Wildman–Crippen MR) is 54.7 cm³/mol. The van der Waals surface area contributed by atoms with Crippen molar-refractivity contribution in [3.63, 3.8) is 0 Å². The van der Waals surface area contributed by atoms with Gasteiger partial charge in [0.2, 0.25) is 0 Å². The van der Waals surface area contributed by atoms with Crippen molar-refractivity contribution in [3.8, 4) is 11.3 Å². The first-order valence-corrected chi connectivity index (χ1v) is 5.06. The lowest BCUT2D eigenvalue weighted by atomic mass is 10.3. The Balaban J connectivity index is 2.23. The topological polar surface area (TPSA) is 54.7 Å². The molecule has 0 fully saturated rings. The molecule has 2 rings (SSSR count). The number of nitrogens with zero attached hydrogens (tertiary/aromatic N) is 1. The van der Waals surface area contributed by atoms with Crippen molar-refractivity contribution in [1.82, 2.24) is 9.97 Å². The van der Waals surface area contributed by atoms with Gasteiger partial charge < -0.3 is 10.7 Å². The maximum Gasteiger partial charge on any atom is 0.0945 e. The molecule has 0 saturated heterocycles. The minimum atomic E-state index is 0.667. The number of nitrogens with two attached hydrogens (primary N) is 1. The summed E-state index contributed by atoms with van der Waals surface area (Å²) in [6.07, 6.45) is 4.72. The van der Waals surface area contributed by atoms with E-state index < -0.39 is 0 Å². The van der Waals surface area contributed by atoms with Gasteiger partial charge in [0.15, 0.2) is 0 Å². The molecule has 0 spiro atoms. The molecule has 0 amide bonds. The molecular formula is C9H11N3S. The van der Waals surface area contributed by atoms with Gasteiger partial charge in [-0.3, -0.25) is 0 Å². The van der Waals surface area contributed by atoms with Gasteiger partial charge in [-0.25, -0.2) is 4.98 Å². The van der Waals surface area contributed by atoms with Crippen LogP contribution < -0.4 is 5.73 Å². The Morgan fingerprint density at radius 3 is 3.15 bits per heavy atom. The smallest absolute Gasteiger partial charge is 0.0945 e. The van der Waals surface area contributed by atoms with Gasteiger partial charge >= 0.3 is 0 Å². The summed E-state index contributed by atoms with van der Waals surface area (Å²) in [5.41, 5.74) is 7.62. The van der Waals surface area contributed by atoms with Crippen LogP contribution in [0.15, 0.2) is 23.8 Å². The van der Waals surface area contributed by atoms with Gasteiger partial charge in [-0.05, 0) is 12.6 Å². The molecule has 0 aliphatic heterocycles. The van der Waals surface area contributed by atoms with E-state index in [1.807, 2.05) is 18.5 Å². The van der Waals surface area contributed by atoms with E-state index >= 15 is 0 Å². The van der Waals surface area contributed by atoms with E-state index in [1.165, 1.54) is 0 Å². The Bertz CT molecular complexity index is 364. The van der Waals surface area contributed by atoms with Crippen molar-refractivity contribution in [2.75, 3.05) is 6.54 Å². The molecule has 13 heavy (non-hydrogen) atoms. The van der Waals surface area contributed by atoms with Gasteiger partial charge in [-0.1, -0.05) is 0 Å². The monoisotopic (exact) mass is 193 g/mol. The molecule has 3 N–H and O–H groups in total. The summed E-state index contributed by atoms with van der Waals surface area (Å²) in [5, 5.41) is 3.17. The zero-order valence-corrected chi connectivity index (χ0v) is 7.97. The van der Waals surface area contributed by atoms with Crippen molar-refractivity contribution < 1.29 is 0 Å². The number of aromatic amines is 1. The van der Waals surface area contributed by atoms with Gasteiger partial charge in [0.1, 0.15) is 0 Å². The molecule has 3 nitrogen and oxygen atoms in total. The summed E-state index contributed by atoms with van der Waals surface area (Å²) < 4.78 is 0. The van der Waals surface area contributed by atoms with Gasteiger partial charge in [0, 0.05) is 29.8 Å². The minimum Gasteiger partial charge on any atom is -0.367 e. The normalized spacial score (nSPS) is 10.5. The van der Waals surface area contributed by atoms with Crippen LogP contribution in [0.1, 0.15) is 5.01 Å². The highest BCUT2D eigenvalue weighted by atomic mass is 32.1. The number of aromatic nitrogens is 2. The van der Waals surface area contributed by atoms with E-state index in [0.717, 1.165) is 22.7 Å². The first-order chi connectivity index (χ1) is 6.40. The Morgan fingerprint density at radius 1 is 1.54 bits per heavy atom. The van der Waals surface area contributed by atoms with Crippen molar-refractivity contribution in [2.24, 2.45) is 5.73 Å². The molecule has 0 aliphatic rings. The Morgan fingerprint density at radius 2 is 2.46 bits per heavy atom. The summed E-state index contributed by atoms with van der Waals surface area (Å²) in [5.74, 6) is 0. The lowest BCUT2D eigenvalue weighted by Crippen LogP contribution is -2.01. The van der Waals surface area contributed by atoms with Gasteiger partial charge in [-0.2, -0.15) is 0 Å². The Kier molecular flexibility index (Phi) is 2.42. The Hall–Kier alpha value is -1.13. The minimum absolute atomic E-state index is 0.667. The molecular weight excluding hydrogens is 182 g/mol. The second-order valence-corrected chi connectivity index (χ2v) is 3.71. The van der Waals surface area contributed by atoms with Gasteiger partial charge in [0.25, 0.3) is 0 Å². The average molecular weight is 193 g/mol. The number of H-pyrrole nitrogens is 1. The number of nitrogens with one attached hydrogen (secondary N) is 1. The highest BCUT2D eigenvalue weighted by molar-refractivity contribution is 7.09. The fourth-order valence-corrected chi connectivity index (χ4v) is 1.99. The lowest BCUT2D eigenvalue weighted by molar-refractivity contribution is 0.954. The van der Waals surface area contributed by atoms with Crippen molar-refractivity contribution >= 4 is 11.3 Å². The third-order valence-electron chi connectivity index (χ3n) is 1.80. The predicted octanol–water partition coefficient (Wildman–Crippen LogP) is 1.64. The van der Waals surface area contributed by atoms with Crippen LogP contribution in [-0.4, -0.2) is 16.5 Å². The molecule has 0 bridgehead atoms. The largest absolute Gasteiger partial charge is 0.367 e. The number of rotatable bonds is 3. The van der Waals surface area contributed by atoms with Crippen LogP contribution in [0.4, 0.5) is 0 Å². The summed E-state index contributed by atoms with van der Waals surface area (Å²) >= 11 is 1.67. The SMILES string of the molecule is NCCc1nc(-c2cc[nH]c2)cs1. The number of hydrogen-bond acceptors (Lipinski definition) is 3. The molecule has 2 aromatic heterocycles. The number of thiazole rings is 1. The maximum absolute atomic E-state index is 5.45. The fourth-order valence-electron chi connectivity index (χ4n) is 1.16. The van der Waals surface area contributed by atoms with Crippen LogP contribution in [0.25, 0.3) is 11.3 Å². The summed E-state index contributed by atoms with van der Waals surface area (Å²) in [4.78, 5) is 7.47. The average Bonchev–Trinajstić information content (AvgIpc) is 2.70. The second kappa shape index (κ2) is 3.72. The van der Waals surface area contributed by atoms with Gasteiger partial charge in [-0.15, -0.1) is 11.3 Å². The molecule has 0 atom stereocenters. The zero-order chi connectivity index (χ0) is 9.10. The van der Waals surface area contributed by atoms with E-state index in [-0.39, 0.29) is 0 Å². The van der Waals surface area contributed by atoms with Crippen molar-refractivity contribution in [2.45, 2.75) is 6.42 Å². The molecule has 0 saturated carbocycles. The molecule has 0 aromatic carbocycles. The first-order valence-electron chi connectivity index (χ1n) is 4.18. The van der Waals surface area contributed by atoms with Crippen molar-refractivity contribution in [1.29, 1.82) is 0 Å². The molecule has 0 radical (unpaired) electrons.